The van der Waals surface area contributed by atoms with Crippen molar-refractivity contribution in [3.05, 3.63) is 118 Å². The van der Waals surface area contributed by atoms with Crippen LogP contribution in [-0.2, 0) is 17.6 Å². The summed E-state index contributed by atoms with van der Waals surface area (Å²) >= 11 is 6.26. The summed E-state index contributed by atoms with van der Waals surface area (Å²) in [7, 11) is 0. The Kier molecular flexibility index (Phi) is 7.51. The van der Waals surface area contributed by atoms with Crippen molar-refractivity contribution in [3.8, 4) is 23.0 Å². The maximum absolute atomic E-state index is 10.8. The van der Waals surface area contributed by atoms with Crippen LogP contribution in [0.5, 0.6) is 23.0 Å². The van der Waals surface area contributed by atoms with Crippen molar-refractivity contribution in [1.29, 1.82) is 0 Å². The number of aryl methyl sites for hydroxylation is 2. The summed E-state index contributed by atoms with van der Waals surface area (Å²) < 4.78 is 12.3. The summed E-state index contributed by atoms with van der Waals surface area (Å²) in [5.74, 6) is 1.93. The van der Waals surface area contributed by atoms with E-state index in [-0.39, 0.29) is 6.42 Å². The number of carboxylic acids is 1. The average Bonchev–Trinajstić information content (AvgIpc) is 2.81. The summed E-state index contributed by atoms with van der Waals surface area (Å²) in [6.07, 6.45) is 1.31. The van der Waals surface area contributed by atoms with Crippen molar-refractivity contribution >= 4 is 17.6 Å². The highest BCUT2D eigenvalue weighted by Crippen LogP contribution is 2.33. The molecule has 0 bridgehead atoms. The van der Waals surface area contributed by atoms with Crippen LogP contribution in [0, 0.1) is 6.92 Å². The number of rotatable bonds is 9. The predicted molar refractivity (Wildman–Crippen MR) is 134 cm³/mol. The van der Waals surface area contributed by atoms with Gasteiger partial charge in [0.1, 0.15) is 23.0 Å². The van der Waals surface area contributed by atoms with Gasteiger partial charge >= 0.3 is 5.97 Å². The molecule has 0 fully saturated rings. The molecule has 0 radical (unpaired) electrons. The molecule has 4 aromatic rings. The number of benzene rings is 4. The fourth-order valence-electron chi connectivity index (χ4n) is 3.72. The zero-order valence-electron chi connectivity index (χ0n) is 18.8. The number of hydrogen-bond acceptors (Lipinski definition) is 3. The van der Waals surface area contributed by atoms with Crippen molar-refractivity contribution < 1.29 is 19.4 Å². The second-order valence-electron chi connectivity index (χ2n) is 8.08. The molecule has 0 amide bonds. The summed E-state index contributed by atoms with van der Waals surface area (Å²) in [6.45, 7) is 1.96. The highest BCUT2D eigenvalue weighted by atomic mass is 35.5. The van der Waals surface area contributed by atoms with Gasteiger partial charge in [0.25, 0.3) is 0 Å². The number of carbonyl (C=O) groups is 1. The maximum Gasteiger partial charge on any atom is 0.303 e. The van der Waals surface area contributed by atoms with E-state index in [4.69, 9.17) is 26.2 Å². The van der Waals surface area contributed by atoms with Crippen molar-refractivity contribution in [1.82, 2.24) is 0 Å². The number of carboxylic acid groups (broad SMARTS) is 1. The van der Waals surface area contributed by atoms with E-state index in [9.17, 15) is 4.79 Å². The predicted octanol–water partition coefficient (Wildman–Crippen LogP) is 7.84. The molecule has 0 aromatic heterocycles. The molecule has 0 aliphatic rings. The first-order valence-electron chi connectivity index (χ1n) is 11.1. The van der Waals surface area contributed by atoms with Gasteiger partial charge in [0.15, 0.2) is 0 Å². The third-order valence-corrected chi connectivity index (χ3v) is 5.69. The third-order valence-electron chi connectivity index (χ3n) is 5.45. The topological polar surface area (TPSA) is 55.8 Å². The second-order valence-corrected chi connectivity index (χ2v) is 8.51. The molecule has 4 rings (SSSR count). The van der Waals surface area contributed by atoms with Crippen LogP contribution in [0.2, 0.25) is 5.02 Å². The average molecular weight is 473 g/mol. The van der Waals surface area contributed by atoms with Gasteiger partial charge in [0.2, 0.25) is 0 Å². The quantitative estimate of drug-likeness (QED) is 0.269. The Morgan fingerprint density at radius 2 is 1.53 bits per heavy atom. The molecule has 4 aromatic carbocycles. The first kappa shape index (κ1) is 23.4. The van der Waals surface area contributed by atoms with Crippen molar-refractivity contribution in [2.24, 2.45) is 0 Å². The summed E-state index contributed by atoms with van der Waals surface area (Å²) in [4.78, 5) is 10.8. The zero-order valence-corrected chi connectivity index (χ0v) is 19.6. The first-order valence-corrected chi connectivity index (χ1v) is 11.4. The van der Waals surface area contributed by atoms with Gasteiger partial charge in [-0.05, 0) is 72.5 Å². The van der Waals surface area contributed by atoms with Crippen molar-refractivity contribution in [2.45, 2.75) is 26.2 Å². The molecule has 172 valence electrons. The van der Waals surface area contributed by atoms with Gasteiger partial charge in [0.05, 0.1) is 0 Å². The molecule has 5 heteroatoms. The lowest BCUT2D eigenvalue weighted by Gasteiger charge is -2.14. The molecular formula is C29H25ClO4. The Morgan fingerprint density at radius 1 is 0.794 bits per heavy atom. The minimum Gasteiger partial charge on any atom is -0.481 e. The van der Waals surface area contributed by atoms with Gasteiger partial charge in [-0.3, -0.25) is 4.79 Å². The maximum atomic E-state index is 10.8. The van der Waals surface area contributed by atoms with Crippen molar-refractivity contribution in [2.75, 3.05) is 0 Å². The third kappa shape index (κ3) is 6.40. The Balaban J connectivity index is 1.49. The molecule has 4 nitrogen and oxygen atoms in total. The van der Waals surface area contributed by atoms with E-state index in [1.54, 1.807) is 0 Å². The monoisotopic (exact) mass is 472 g/mol. The number of halogens is 1. The van der Waals surface area contributed by atoms with E-state index < -0.39 is 5.97 Å². The minimum absolute atomic E-state index is 0.109. The lowest BCUT2D eigenvalue weighted by Crippen LogP contribution is -1.99. The number of ether oxygens (including phenoxy) is 2. The van der Waals surface area contributed by atoms with Gasteiger partial charge in [-0.2, -0.15) is 0 Å². The number of hydrogen-bond donors (Lipinski definition) is 1. The lowest BCUT2D eigenvalue weighted by molar-refractivity contribution is -0.136. The Bertz CT molecular complexity index is 1280. The molecule has 0 aliphatic carbocycles. The molecule has 0 spiro atoms. The summed E-state index contributed by atoms with van der Waals surface area (Å²) in [5, 5.41) is 9.57. The van der Waals surface area contributed by atoms with Crippen LogP contribution >= 0.6 is 11.6 Å². The molecule has 0 saturated heterocycles. The molecule has 0 unspecified atom stereocenters. The highest BCUT2D eigenvalue weighted by Gasteiger charge is 2.09. The van der Waals surface area contributed by atoms with Gasteiger partial charge in [-0.1, -0.05) is 54.1 Å². The Hall–Kier alpha value is -3.76. The molecule has 1 N–H and O–H groups in total. The molecule has 0 saturated carbocycles. The van der Waals surface area contributed by atoms with Gasteiger partial charge < -0.3 is 14.6 Å². The number of aliphatic carboxylic acids is 1. The van der Waals surface area contributed by atoms with E-state index in [0.717, 1.165) is 22.4 Å². The zero-order chi connectivity index (χ0) is 23.9. The fourth-order valence-corrected chi connectivity index (χ4v) is 3.91. The van der Waals surface area contributed by atoms with E-state index in [1.165, 1.54) is 5.56 Å². The molecule has 0 heterocycles. The van der Waals surface area contributed by atoms with E-state index in [1.807, 2.05) is 85.8 Å². The minimum atomic E-state index is -0.802. The first-order chi connectivity index (χ1) is 16.5. The molecule has 34 heavy (non-hydrogen) atoms. The normalized spacial score (nSPS) is 10.6. The van der Waals surface area contributed by atoms with Crippen LogP contribution in [0.15, 0.2) is 91.0 Å². The fraction of sp³-hybridized carbons (Fsp3) is 0.138. The Labute approximate surface area is 204 Å². The van der Waals surface area contributed by atoms with E-state index in [0.29, 0.717) is 35.1 Å². The summed E-state index contributed by atoms with van der Waals surface area (Å²) in [6, 6.07) is 29.0. The highest BCUT2D eigenvalue weighted by molar-refractivity contribution is 6.30. The lowest BCUT2D eigenvalue weighted by atomic mass is 10.0. The van der Waals surface area contributed by atoms with Crippen LogP contribution < -0.4 is 9.47 Å². The van der Waals surface area contributed by atoms with Crippen LogP contribution in [0.4, 0.5) is 0 Å². The van der Waals surface area contributed by atoms with Crippen LogP contribution in [0.1, 0.15) is 28.7 Å². The molecule has 0 atom stereocenters. The molecule has 0 aliphatic heterocycles. The van der Waals surface area contributed by atoms with Crippen LogP contribution in [0.3, 0.4) is 0 Å². The van der Waals surface area contributed by atoms with Crippen LogP contribution in [0.25, 0.3) is 0 Å². The van der Waals surface area contributed by atoms with Gasteiger partial charge in [-0.25, -0.2) is 0 Å². The van der Waals surface area contributed by atoms with Crippen molar-refractivity contribution in [3.63, 3.8) is 0 Å². The standard InChI is InChI=1S/C29H25ClO4/c1-20-16-27(13-10-22(20)11-15-29(31)32)33-25-8-5-9-26(19-25)34-28-14-12-24(30)18-23(28)17-21-6-3-2-4-7-21/h2-10,12-14,16,18-19H,11,15,17H2,1H3,(H,31,32). The Morgan fingerprint density at radius 3 is 2.26 bits per heavy atom. The smallest absolute Gasteiger partial charge is 0.303 e. The van der Waals surface area contributed by atoms with Crippen LogP contribution in [-0.4, -0.2) is 11.1 Å². The largest absolute Gasteiger partial charge is 0.481 e. The van der Waals surface area contributed by atoms with E-state index in [2.05, 4.69) is 12.1 Å². The molecular weight excluding hydrogens is 448 g/mol. The van der Waals surface area contributed by atoms with E-state index >= 15 is 0 Å². The summed E-state index contributed by atoms with van der Waals surface area (Å²) in [5.41, 5.74) is 4.17. The van der Waals surface area contributed by atoms with Gasteiger partial charge in [-0.15, -0.1) is 0 Å². The van der Waals surface area contributed by atoms with Gasteiger partial charge in [0, 0.05) is 29.5 Å². The second kappa shape index (κ2) is 10.9. The SMILES string of the molecule is Cc1cc(Oc2cccc(Oc3ccc(Cl)cc3Cc3ccccc3)c2)ccc1CCC(=O)O.